The molecule has 1 amide bonds. The molecular formula is C16H24N2O. The maximum absolute atomic E-state index is 12.1. The van der Waals surface area contributed by atoms with E-state index in [1.807, 2.05) is 24.1 Å². The molecule has 0 aromatic heterocycles. The van der Waals surface area contributed by atoms with E-state index >= 15 is 0 Å². The standard InChI is InChI=1S/C16H24N2O/c1-18(16(19)10-13-4-2-3-5-13)12-15-8-6-14(11-17)7-9-15/h6-9,13H,2-5,10-12,17H2,1H3. The summed E-state index contributed by atoms with van der Waals surface area (Å²) in [6.45, 7) is 1.26. The Morgan fingerprint density at radius 2 is 1.79 bits per heavy atom. The molecule has 19 heavy (non-hydrogen) atoms. The third-order valence-corrected chi connectivity index (χ3v) is 4.04. The van der Waals surface area contributed by atoms with Crippen LogP contribution in [-0.2, 0) is 17.9 Å². The Hall–Kier alpha value is -1.35. The summed E-state index contributed by atoms with van der Waals surface area (Å²) in [5.74, 6) is 0.893. The van der Waals surface area contributed by atoms with Gasteiger partial charge in [0.2, 0.25) is 5.91 Å². The zero-order chi connectivity index (χ0) is 13.7. The van der Waals surface area contributed by atoms with Crippen LogP contribution in [0.5, 0.6) is 0 Å². The van der Waals surface area contributed by atoms with Gasteiger partial charge in [-0.3, -0.25) is 4.79 Å². The van der Waals surface area contributed by atoms with E-state index in [4.69, 9.17) is 5.73 Å². The lowest BCUT2D eigenvalue weighted by molar-refractivity contribution is -0.131. The molecule has 0 bridgehead atoms. The maximum Gasteiger partial charge on any atom is 0.222 e. The SMILES string of the molecule is CN(Cc1ccc(CN)cc1)C(=O)CC1CCCC1. The molecular weight excluding hydrogens is 236 g/mol. The van der Waals surface area contributed by atoms with Crippen molar-refractivity contribution in [2.24, 2.45) is 11.7 Å². The highest BCUT2D eigenvalue weighted by Crippen LogP contribution is 2.28. The fourth-order valence-electron chi connectivity index (χ4n) is 2.76. The molecule has 1 saturated carbocycles. The molecule has 0 spiro atoms. The van der Waals surface area contributed by atoms with Gasteiger partial charge in [0, 0.05) is 26.6 Å². The first-order valence-electron chi connectivity index (χ1n) is 7.21. The number of amides is 1. The number of nitrogens with zero attached hydrogens (tertiary/aromatic N) is 1. The lowest BCUT2D eigenvalue weighted by atomic mass is 10.0. The van der Waals surface area contributed by atoms with Gasteiger partial charge in [-0.05, 0) is 29.9 Å². The fraction of sp³-hybridized carbons (Fsp3) is 0.562. The molecule has 104 valence electrons. The monoisotopic (exact) mass is 260 g/mol. The Kier molecular flexibility index (Phi) is 4.97. The van der Waals surface area contributed by atoms with Crippen molar-refractivity contribution >= 4 is 5.91 Å². The van der Waals surface area contributed by atoms with E-state index in [-0.39, 0.29) is 5.91 Å². The third-order valence-electron chi connectivity index (χ3n) is 4.04. The molecule has 1 aliphatic carbocycles. The van der Waals surface area contributed by atoms with Crippen molar-refractivity contribution in [1.82, 2.24) is 4.90 Å². The summed E-state index contributed by atoms with van der Waals surface area (Å²) in [5, 5.41) is 0. The Balaban J connectivity index is 1.84. The quantitative estimate of drug-likeness (QED) is 0.884. The van der Waals surface area contributed by atoms with Gasteiger partial charge in [-0.25, -0.2) is 0 Å². The lowest BCUT2D eigenvalue weighted by Gasteiger charge is -2.19. The maximum atomic E-state index is 12.1. The molecule has 2 rings (SSSR count). The topological polar surface area (TPSA) is 46.3 Å². The molecule has 0 radical (unpaired) electrons. The van der Waals surface area contributed by atoms with E-state index in [0.717, 1.165) is 12.0 Å². The fourth-order valence-corrected chi connectivity index (χ4v) is 2.76. The number of hydrogen-bond acceptors (Lipinski definition) is 2. The van der Waals surface area contributed by atoms with Crippen LogP contribution >= 0.6 is 0 Å². The van der Waals surface area contributed by atoms with E-state index in [1.54, 1.807) is 0 Å². The first-order valence-corrected chi connectivity index (χ1v) is 7.21. The van der Waals surface area contributed by atoms with Gasteiger partial charge in [-0.2, -0.15) is 0 Å². The van der Waals surface area contributed by atoms with Crippen LogP contribution in [0.15, 0.2) is 24.3 Å². The van der Waals surface area contributed by atoms with Crippen molar-refractivity contribution in [3.8, 4) is 0 Å². The van der Waals surface area contributed by atoms with Gasteiger partial charge in [0.05, 0.1) is 0 Å². The summed E-state index contributed by atoms with van der Waals surface area (Å²) in [6.07, 6.45) is 5.76. The number of hydrogen-bond donors (Lipinski definition) is 1. The Labute approximate surface area is 115 Å². The van der Waals surface area contributed by atoms with Gasteiger partial charge in [-0.1, -0.05) is 37.1 Å². The summed E-state index contributed by atoms with van der Waals surface area (Å²) in [4.78, 5) is 14.0. The van der Waals surface area contributed by atoms with Crippen LogP contribution in [0.2, 0.25) is 0 Å². The highest BCUT2D eigenvalue weighted by Gasteiger charge is 2.20. The predicted octanol–water partition coefficient (Wildman–Crippen LogP) is 2.68. The zero-order valence-electron chi connectivity index (χ0n) is 11.8. The molecule has 1 aromatic rings. The molecule has 0 saturated heterocycles. The summed E-state index contributed by atoms with van der Waals surface area (Å²) < 4.78 is 0. The number of benzene rings is 1. The first kappa shape index (κ1) is 14.1. The van der Waals surface area contributed by atoms with E-state index in [0.29, 0.717) is 19.0 Å². The molecule has 1 fully saturated rings. The van der Waals surface area contributed by atoms with Crippen LogP contribution in [0.4, 0.5) is 0 Å². The van der Waals surface area contributed by atoms with Crippen LogP contribution in [0.3, 0.4) is 0 Å². The normalized spacial score (nSPS) is 15.7. The molecule has 1 aromatic carbocycles. The van der Waals surface area contributed by atoms with E-state index < -0.39 is 0 Å². The second-order valence-corrected chi connectivity index (χ2v) is 5.63. The minimum Gasteiger partial charge on any atom is -0.341 e. The largest absolute Gasteiger partial charge is 0.341 e. The Morgan fingerprint density at radius 3 is 2.37 bits per heavy atom. The number of nitrogens with two attached hydrogens (primary N) is 1. The van der Waals surface area contributed by atoms with Gasteiger partial charge in [0.15, 0.2) is 0 Å². The third kappa shape index (κ3) is 4.06. The number of carbonyl (C=O) groups is 1. The smallest absolute Gasteiger partial charge is 0.222 e. The van der Waals surface area contributed by atoms with Gasteiger partial charge in [0.25, 0.3) is 0 Å². The average molecular weight is 260 g/mol. The molecule has 0 unspecified atom stereocenters. The molecule has 1 aliphatic rings. The highest BCUT2D eigenvalue weighted by atomic mass is 16.2. The van der Waals surface area contributed by atoms with Gasteiger partial charge in [0.1, 0.15) is 0 Å². The summed E-state index contributed by atoms with van der Waals surface area (Å²) in [7, 11) is 1.90. The minimum absolute atomic E-state index is 0.273. The lowest BCUT2D eigenvalue weighted by Crippen LogP contribution is -2.27. The van der Waals surface area contributed by atoms with Gasteiger partial charge in [-0.15, -0.1) is 0 Å². The minimum atomic E-state index is 0.273. The van der Waals surface area contributed by atoms with Crippen LogP contribution in [0.25, 0.3) is 0 Å². The highest BCUT2D eigenvalue weighted by molar-refractivity contribution is 5.76. The van der Waals surface area contributed by atoms with E-state index in [1.165, 1.54) is 31.2 Å². The summed E-state index contributed by atoms with van der Waals surface area (Å²) >= 11 is 0. The van der Waals surface area contributed by atoms with Crippen molar-refractivity contribution in [3.63, 3.8) is 0 Å². The van der Waals surface area contributed by atoms with Crippen molar-refractivity contribution in [2.75, 3.05) is 7.05 Å². The Bertz CT molecular complexity index is 407. The van der Waals surface area contributed by atoms with Crippen molar-refractivity contribution in [1.29, 1.82) is 0 Å². The molecule has 2 N–H and O–H groups in total. The molecule has 3 heteroatoms. The van der Waals surface area contributed by atoms with Crippen molar-refractivity contribution < 1.29 is 4.79 Å². The second-order valence-electron chi connectivity index (χ2n) is 5.63. The molecule has 3 nitrogen and oxygen atoms in total. The van der Waals surface area contributed by atoms with E-state index in [9.17, 15) is 4.79 Å². The second kappa shape index (κ2) is 6.71. The average Bonchev–Trinajstić information content (AvgIpc) is 2.92. The van der Waals surface area contributed by atoms with Crippen molar-refractivity contribution in [2.45, 2.75) is 45.2 Å². The molecule has 0 aliphatic heterocycles. The molecule has 0 heterocycles. The number of rotatable bonds is 5. The zero-order valence-corrected chi connectivity index (χ0v) is 11.8. The van der Waals surface area contributed by atoms with Gasteiger partial charge < -0.3 is 10.6 Å². The van der Waals surface area contributed by atoms with E-state index in [2.05, 4.69) is 12.1 Å². The van der Waals surface area contributed by atoms with Crippen LogP contribution in [-0.4, -0.2) is 17.9 Å². The van der Waals surface area contributed by atoms with Crippen molar-refractivity contribution in [3.05, 3.63) is 35.4 Å². The Morgan fingerprint density at radius 1 is 1.21 bits per heavy atom. The summed E-state index contributed by atoms with van der Waals surface area (Å²) in [6, 6.07) is 8.18. The summed E-state index contributed by atoms with van der Waals surface area (Å²) in [5.41, 5.74) is 7.87. The number of carbonyl (C=O) groups excluding carboxylic acids is 1. The van der Waals surface area contributed by atoms with Crippen LogP contribution in [0.1, 0.15) is 43.2 Å². The first-order chi connectivity index (χ1) is 9.19. The van der Waals surface area contributed by atoms with Crippen LogP contribution < -0.4 is 5.73 Å². The predicted molar refractivity (Wildman–Crippen MR) is 77.4 cm³/mol. The van der Waals surface area contributed by atoms with Crippen LogP contribution in [0, 0.1) is 5.92 Å². The van der Waals surface area contributed by atoms with Gasteiger partial charge >= 0.3 is 0 Å². The molecule has 0 atom stereocenters.